The zero-order valence-electron chi connectivity index (χ0n) is 13.9. The second-order valence-electron chi connectivity index (χ2n) is 5.61. The summed E-state index contributed by atoms with van der Waals surface area (Å²) in [6.07, 6.45) is 1.77. The molecule has 0 amide bonds. The summed E-state index contributed by atoms with van der Waals surface area (Å²) in [6, 6.07) is 19.9. The Balaban J connectivity index is 1.56. The number of aromatic nitrogens is 2. The van der Waals surface area contributed by atoms with Gasteiger partial charge >= 0.3 is 0 Å². The molecule has 4 nitrogen and oxygen atoms in total. The molecule has 4 rings (SSSR count). The minimum atomic E-state index is -0.273. The van der Waals surface area contributed by atoms with Crippen molar-refractivity contribution in [2.45, 2.75) is 0 Å². The first kappa shape index (κ1) is 16.5. The number of halogens is 1. The lowest BCUT2D eigenvalue weighted by molar-refractivity contribution is 0.327. The molecule has 6 heteroatoms. The first-order chi connectivity index (χ1) is 12.8. The van der Waals surface area contributed by atoms with E-state index in [4.69, 9.17) is 9.72 Å². The molecule has 0 atom stereocenters. The van der Waals surface area contributed by atoms with Gasteiger partial charge in [0.05, 0.1) is 6.54 Å². The van der Waals surface area contributed by atoms with Crippen LogP contribution in [0.3, 0.4) is 0 Å². The first-order valence-electron chi connectivity index (χ1n) is 8.22. The smallest absolute Gasteiger partial charge is 0.192 e. The second kappa shape index (κ2) is 7.49. The van der Waals surface area contributed by atoms with Crippen LogP contribution in [-0.4, -0.2) is 23.1 Å². The average molecular weight is 365 g/mol. The van der Waals surface area contributed by atoms with Gasteiger partial charge in [0, 0.05) is 11.9 Å². The Kier molecular flexibility index (Phi) is 4.75. The SMILES string of the molecule is Fc1ccc(OCCN(c2ccccc2)c2nc3cccnc3s2)cc1. The van der Waals surface area contributed by atoms with Crippen LogP contribution in [0.4, 0.5) is 15.2 Å². The highest BCUT2D eigenvalue weighted by Crippen LogP contribution is 2.32. The van der Waals surface area contributed by atoms with Gasteiger partial charge in [-0.25, -0.2) is 14.4 Å². The van der Waals surface area contributed by atoms with Crippen molar-refractivity contribution in [2.75, 3.05) is 18.1 Å². The topological polar surface area (TPSA) is 38.2 Å². The Hall–Kier alpha value is -2.99. The lowest BCUT2D eigenvalue weighted by atomic mass is 10.3. The summed E-state index contributed by atoms with van der Waals surface area (Å²) in [6.45, 7) is 1.06. The van der Waals surface area contributed by atoms with Crippen molar-refractivity contribution in [2.24, 2.45) is 0 Å². The summed E-state index contributed by atoms with van der Waals surface area (Å²) in [5.74, 6) is 0.371. The zero-order valence-corrected chi connectivity index (χ0v) is 14.7. The molecule has 0 saturated carbocycles. The number of benzene rings is 2. The molecular weight excluding hydrogens is 349 g/mol. The number of anilines is 2. The fourth-order valence-corrected chi connectivity index (χ4v) is 3.56. The van der Waals surface area contributed by atoms with E-state index < -0.39 is 0 Å². The Morgan fingerprint density at radius 1 is 0.962 bits per heavy atom. The van der Waals surface area contributed by atoms with E-state index >= 15 is 0 Å². The highest BCUT2D eigenvalue weighted by molar-refractivity contribution is 7.21. The second-order valence-corrected chi connectivity index (χ2v) is 6.57. The third-order valence-electron chi connectivity index (χ3n) is 3.85. The van der Waals surface area contributed by atoms with E-state index in [2.05, 4.69) is 9.88 Å². The van der Waals surface area contributed by atoms with Crippen LogP contribution < -0.4 is 9.64 Å². The van der Waals surface area contributed by atoms with Gasteiger partial charge in [0.25, 0.3) is 0 Å². The van der Waals surface area contributed by atoms with Gasteiger partial charge in [0.1, 0.15) is 28.5 Å². The fourth-order valence-electron chi connectivity index (χ4n) is 2.60. The predicted octanol–water partition coefficient (Wildman–Crippen LogP) is 5.05. The summed E-state index contributed by atoms with van der Waals surface area (Å²) in [4.78, 5) is 12.1. The quantitative estimate of drug-likeness (QED) is 0.479. The van der Waals surface area contributed by atoms with Gasteiger partial charge in [-0.3, -0.25) is 0 Å². The van der Waals surface area contributed by atoms with Crippen molar-refractivity contribution in [1.82, 2.24) is 9.97 Å². The molecule has 0 aliphatic heterocycles. The Morgan fingerprint density at radius 2 is 1.77 bits per heavy atom. The van der Waals surface area contributed by atoms with Crippen LogP contribution in [0.15, 0.2) is 72.9 Å². The Labute approximate surface area is 154 Å². The van der Waals surface area contributed by atoms with E-state index in [9.17, 15) is 4.39 Å². The summed E-state index contributed by atoms with van der Waals surface area (Å²) in [5.41, 5.74) is 1.92. The average Bonchev–Trinajstić information content (AvgIpc) is 3.11. The third-order valence-corrected chi connectivity index (χ3v) is 4.85. The lowest BCUT2D eigenvalue weighted by Gasteiger charge is -2.22. The van der Waals surface area contributed by atoms with E-state index in [1.165, 1.54) is 12.1 Å². The number of nitrogens with zero attached hydrogens (tertiary/aromatic N) is 3. The van der Waals surface area contributed by atoms with Crippen LogP contribution >= 0.6 is 11.3 Å². The molecule has 2 aromatic heterocycles. The minimum Gasteiger partial charge on any atom is -0.492 e. The van der Waals surface area contributed by atoms with Crippen LogP contribution in [0.2, 0.25) is 0 Å². The van der Waals surface area contributed by atoms with Gasteiger partial charge in [0.2, 0.25) is 0 Å². The molecule has 2 aromatic carbocycles. The standard InChI is InChI=1S/C20H16FN3OS/c21-15-8-10-17(11-9-15)25-14-13-24(16-5-2-1-3-6-16)20-23-18-7-4-12-22-19(18)26-20/h1-12H,13-14H2. The van der Waals surface area contributed by atoms with Gasteiger partial charge in [0.15, 0.2) is 5.13 Å². The van der Waals surface area contributed by atoms with E-state index in [1.807, 2.05) is 42.5 Å². The molecule has 0 saturated heterocycles. The molecule has 0 spiro atoms. The number of ether oxygens (including phenoxy) is 1. The largest absolute Gasteiger partial charge is 0.492 e. The number of pyridine rings is 1. The molecule has 0 N–H and O–H groups in total. The minimum absolute atomic E-state index is 0.273. The van der Waals surface area contributed by atoms with Crippen molar-refractivity contribution in [3.05, 3.63) is 78.7 Å². The van der Waals surface area contributed by atoms with Gasteiger partial charge in [-0.2, -0.15) is 0 Å². The molecular formula is C20H16FN3OS. The number of hydrogen-bond donors (Lipinski definition) is 0. The summed E-state index contributed by atoms with van der Waals surface area (Å²) >= 11 is 1.55. The van der Waals surface area contributed by atoms with Gasteiger partial charge in [-0.05, 0) is 48.5 Å². The van der Waals surface area contributed by atoms with Crippen molar-refractivity contribution >= 4 is 32.5 Å². The van der Waals surface area contributed by atoms with Crippen LogP contribution in [0.5, 0.6) is 5.75 Å². The molecule has 0 bridgehead atoms. The molecule has 26 heavy (non-hydrogen) atoms. The Bertz CT molecular complexity index is 956. The molecule has 0 aliphatic carbocycles. The maximum absolute atomic E-state index is 13.0. The van der Waals surface area contributed by atoms with E-state index in [0.29, 0.717) is 18.9 Å². The van der Waals surface area contributed by atoms with Gasteiger partial charge in [-0.15, -0.1) is 0 Å². The van der Waals surface area contributed by atoms with Crippen molar-refractivity contribution < 1.29 is 9.13 Å². The summed E-state index contributed by atoms with van der Waals surface area (Å²) in [5, 5.41) is 0.868. The van der Waals surface area contributed by atoms with E-state index in [0.717, 1.165) is 21.2 Å². The fraction of sp³-hybridized carbons (Fsp3) is 0.100. The molecule has 4 aromatic rings. The van der Waals surface area contributed by atoms with Crippen molar-refractivity contribution in [3.63, 3.8) is 0 Å². The van der Waals surface area contributed by atoms with E-state index in [1.54, 1.807) is 29.7 Å². The van der Waals surface area contributed by atoms with Crippen molar-refractivity contribution in [1.29, 1.82) is 0 Å². The normalized spacial score (nSPS) is 10.8. The number of para-hydroxylation sites is 1. The van der Waals surface area contributed by atoms with Crippen LogP contribution in [0, 0.1) is 5.82 Å². The molecule has 0 unspecified atom stereocenters. The number of thiazole rings is 1. The maximum Gasteiger partial charge on any atom is 0.192 e. The van der Waals surface area contributed by atoms with Crippen LogP contribution in [0.1, 0.15) is 0 Å². The Morgan fingerprint density at radius 3 is 2.54 bits per heavy atom. The third kappa shape index (κ3) is 3.65. The summed E-state index contributed by atoms with van der Waals surface area (Å²) < 4.78 is 18.8. The van der Waals surface area contributed by atoms with Crippen LogP contribution in [0.25, 0.3) is 10.3 Å². The monoisotopic (exact) mass is 365 g/mol. The molecule has 0 aliphatic rings. The molecule has 2 heterocycles. The number of rotatable bonds is 6. The predicted molar refractivity (Wildman–Crippen MR) is 103 cm³/mol. The molecule has 130 valence electrons. The molecule has 0 radical (unpaired) electrons. The van der Waals surface area contributed by atoms with Crippen LogP contribution in [-0.2, 0) is 0 Å². The number of hydrogen-bond acceptors (Lipinski definition) is 5. The summed E-state index contributed by atoms with van der Waals surface area (Å²) in [7, 11) is 0. The van der Waals surface area contributed by atoms with Gasteiger partial charge in [-0.1, -0.05) is 29.5 Å². The highest BCUT2D eigenvalue weighted by atomic mass is 32.1. The lowest BCUT2D eigenvalue weighted by Crippen LogP contribution is -2.23. The zero-order chi connectivity index (χ0) is 17.8. The number of fused-ring (bicyclic) bond motifs is 1. The maximum atomic E-state index is 13.0. The van der Waals surface area contributed by atoms with E-state index in [-0.39, 0.29) is 5.82 Å². The highest BCUT2D eigenvalue weighted by Gasteiger charge is 2.15. The van der Waals surface area contributed by atoms with Gasteiger partial charge < -0.3 is 9.64 Å². The first-order valence-corrected chi connectivity index (χ1v) is 9.04. The molecule has 0 fully saturated rings. The van der Waals surface area contributed by atoms with Crippen molar-refractivity contribution in [3.8, 4) is 5.75 Å².